The highest BCUT2D eigenvalue weighted by Gasteiger charge is 2.39. The Bertz CT molecular complexity index is 295. The molecule has 0 aromatic heterocycles. The van der Waals surface area contributed by atoms with E-state index in [-0.39, 0.29) is 24.8 Å². The molecule has 0 N–H and O–H groups in total. The molecule has 0 heterocycles. The maximum Gasteiger partial charge on any atom is 0.448 e. The van der Waals surface area contributed by atoms with Gasteiger partial charge in [-0.1, -0.05) is 0 Å². The molecule has 14 heteroatoms. The topological polar surface area (TPSA) is 0 Å². The summed E-state index contributed by atoms with van der Waals surface area (Å²) < 4.78 is 130. The molecule has 124 valence electrons. The molecule has 0 aliphatic carbocycles. The Labute approximate surface area is 114 Å². The van der Waals surface area contributed by atoms with Gasteiger partial charge in [0.15, 0.2) is 0 Å². The lowest BCUT2D eigenvalue weighted by Gasteiger charge is -1.98. The van der Waals surface area contributed by atoms with Crippen molar-refractivity contribution in [1.82, 2.24) is 0 Å². The van der Waals surface area contributed by atoms with Crippen LogP contribution in [-0.4, -0.2) is 12.4 Å². The lowest BCUT2D eigenvalue weighted by molar-refractivity contribution is -0.113. The molecule has 0 nitrogen and oxygen atoms in total. The van der Waals surface area contributed by atoms with Gasteiger partial charge in [-0.05, 0) is 0 Å². The standard InChI is InChI=1S/2C3F6.2ClH/c2*4-1(2(5)6)3(7,8)9;;/h;;2*1H. The summed E-state index contributed by atoms with van der Waals surface area (Å²) in [5.41, 5.74) is 0. The lowest BCUT2D eigenvalue weighted by atomic mass is 10.6. The first-order chi connectivity index (χ1) is 7.71. The average molecular weight is 373 g/mol. The Balaban J connectivity index is -0.000000116. The molecule has 0 aromatic rings. The third-order valence-electron chi connectivity index (χ3n) is 0.830. The van der Waals surface area contributed by atoms with Crippen molar-refractivity contribution in [2.75, 3.05) is 0 Å². The highest BCUT2D eigenvalue weighted by molar-refractivity contribution is 5.85. The van der Waals surface area contributed by atoms with Crippen molar-refractivity contribution in [2.45, 2.75) is 12.4 Å². The van der Waals surface area contributed by atoms with Crippen LogP contribution in [0.5, 0.6) is 0 Å². The molecule has 0 aliphatic rings. The van der Waals surface area contributed by atoms with E-state index in [0.29, 0.717) is 0 Å². The second-order valence-corrected chi connectivity index (χ2v) is 2.14. The molecular weight excluding hydrogens is 371 g/mol. The molecule has 0 amide bonds. The largest absolute Gasteiger partial charge is 0.448 e. The molecule has 0 bridgehead atoms. The van der Waals surface area contributed by atoms with Crippen molar-refractivity contribution in [1.29, 1.82) is 0 Å². The molecule has 0 aliphatic heterocycles. The maximum atomic E-state index is 11.0. The van der Waals surface area contributed by atoms with Gasteiger partial charge in [0, 0.05) is 0 Å². The van der Waals surface area contributed by atoms with Gasteiger partial charge < -0.3 is 0 Å². The van der Waals surface area contributed by atoms with Crippen LogP contribution in [0.1, 0.15) is 0 Å². The van der Waals surface area contributed by atoms with Gasteiger partial charge in [-0.15, -0.1) is 24.8 Å². The molecule has 0 unspecified atom stereocenters. The number of allylic oxidation sites excluding steroid dienone is 2. The van der Waals surface area contributed by atoms with E-state index in [1.54, 1.807) is 0 Å². The van der Waals surface area contributed by atoms with E-state index < -0.39 is 36.2 Å². The van der Waals surface area contributed by atoms with E-state index in [9.17, 15) is 52.7 Å². The third-order valence-corrected chi connectivity index (χ3v) is 0.830. The fraction of sp³-hybridized carbons (Fsp3) is 0.333. The fourth-order valence-corrected chi connectivity index (χ4v) is 0.214. The maximum absolute atomic E-state index is 11.0. The van der Waals surface area contributed by atoms with Crippen molar-refractivity contribution < 1.29 is 52.7 Å². The van der Waals surface area contributed by atoms with Crippen LogP contribution in [0.3, 0.4) is 0 Å². The van der Waals surface area contributed by atoms with Gasteiger partial charge in [0.2, 0.25) is 0 Å². The van der Waals surface area contributed by atoms with Gasteiger partial charge >= 0.3 is 24.5 Å². The first-order valence-electron chi connectivity index (χ1n) is 3.27. The SMILES string of the molecule is Cl.Cl.FC(F)=C(F)C(F)(F)F.FC(F)=C(F)C(F)(F)F. The molecule has 0 aromatic carbocycles. The van der Waals surface area contributed by atoms with Gasteiger partial charge in [-0.25, -0.2) is 0 Å². The summed E-state index contributed by atoms with van der Waals surface area (Å²) in [5, 5.41) is 0. The molecule has 0 atom stereocenters. The van der Waals surface area contributed by atoms with Gasteiger partial charge in [0.05, 0.1) is 0 Å². The Kier molecular flexibility index (Phi) is 13.8. The smallest absolute Gasteiger partial charge is 0.196 e. The minimum atomic E-state index is -5.56. The van der Waals surface area contributed by atoms with Crippen LogP contribution in [0.2, 0.25) is 0 Å². The van der Waals surface area contributed by atoms with Crippen LogP contribution in [0.15, 0.2) is 23.8 Å². The van der Waals surface area contributed by atoms with Crippen LogP contribution < -0.4 is 0 Å². The van der Waals surface area contributed by atoms with Gasteiger partial charge in [-0.3, -0.25) is 0 Å². The van der Waals surface area contributed by atoms with Crippen molar-refractivity contribution in [3.8, 4) is 0 Å². The first kappa shape index (κ1) is 27.5. The monoisotopic (exact) mass is 372 g/mol. The molecule has 0 radical (unpaired) electrons. The zero-order valence-corrected chi connectivity index (χ0v) is 9.99. The summed E-state index contributed by atoms with van der Waals surface area (Å²) in [6, 6.07) is 0. The second kappa shape index (κ2) is 10.0. The number of hydrogen-bond donors (Lipinski definition) is 0. The predicted molar refractivity (Wildman–Crippen MR) is 47.3 cm³/mol. The minimum absolute atomic E-state index is 0. The Morgan fingerprint density at radius 1 is 0.450 bits per heavy atom. The summed E-state index contributed by atoms with van der Waals surface area (Å²) in [5.74, 6) is -6.66. The summed E-state index contributed by atoms with van der Waals surface area (Å²) in [7, 11) is 0. The number of halogens is 14. The van der Waals surface area contributed by atoms with Crippen molar-refractivity contribution in [3.63, 3.8) is 0 Å². The normalized spacial score (nSPS) is 10.2. The highest BCUT2D eigenvalue weighted by atomic mass is 35.5. The first-order valence-corrected chi connectivity index (χ1v) is 3.27. The van der Waals surface area contributed by atoms with Crippen LogP contribution in [0.25, 0.3) is 0 Å². The summed E-state index contributed by atoms with van der Waals surface area (Å²) in [6.07, 6.45) is -17.8. The molecule has 0 spiro atoms. The van der Waals surface area contributed by atoms with Gasteiger partial charge in [-0.2, -0.15) is 52.7 Å². The highest BCUT2D eigenvalue weighted by Crippen LogP contribution is 2.30. The minimum Gasteiger partial charge on any atom is -0.196 e. The van der Waals surface area contributed by atoms with E-state index in [2.05, 4.69) is 0 Å². The van der Waals surface area contributed by atoms with E-state index in [1.807, 2.05) is 0 Å². The summed E-state index contributed by atoms with van der Waals surface area (Å²) in [4.78, 5) is 0. The van der Waals surface area contributed by atoms with E-state index in [0.717, 1.165) is 0 Å². The van der Waals surface area contributed by atoms with Gasteiger partial charge in [0.1, 0.15) is 0 Å². The summed E-state index contributed by atoms with van der Waals surface area (Å²) >= 11 is 0. The molecule has 0 saturated heterocycles. The van der Waals surface area contributed by atoms with Crippen LogP contribution in [0.4, 0.5) is 52.7 Å². The number of alkyl halides is 6. The fourth-order valence-electron chi connectivity index (χ4n) is 0.214. The molecule has 0 rings (SSSR count). The Morgan fingerprint density at radius 2 is 0.600 bits per heavy atom. The molecular formula is C6H2Cl2F12. The number of hydrogen-bond acceptors (Lipinski definition) is 0. The quantitative estimate of drug-likeness (QED) is 0.451. The average Bonchev–Trinajstić information content (AvgIpc) is 2.13. The molecule has 0 fully saturated rings. The zero-order valence-electron chi connectivity index (χ0n) is 8.35. The number of rotatable bonds is 0. The van der Waals surface area contributed by atoms with Crippen LogP contribution >= 0.6 is 24.8 Å². The predicted octanol–water partition coefficient (Wildman–Crippen LogP) is 6.10. The van der Waals surface area contributed by atoms with Crippen molar-refractivity contribution in [2.24, 2.45) is 0 Å². The molecule has 0 saturated carbocycles. The van der Waals surface area contributed by atoms with Crippen LogP contribution in [0, 0.1) is 0 Å². The third kappa shape index (κ3) is 12.3. The van der Waals surface area contributed by atoms with Crippen LogP contribution in [-0.2, 0) is 0 Å². The van der Waals surface area contributed by atoms with Gasteiger partial charge in [0.25, 0.3) is 11.7 Å². The lowest BCUT2D eigenvalue weighted by Crippen LogP contribution is -2.08. The van der Waals surface area contributed by atoms with Crippen molar-refractivity contribution >= 4 is 24.8 Å². The van der Waals surface area contributed by atoms with E-state index in [1.165, 1.54) is 0 Å². The zero-order chi connectivity index (χ0) is 15.3. The second-order valence-electron chi connectivity index (χ2n) is 2.14. The van der Waals surface area contributed by atoms with E-state index in [4.69, 9.17) is 0 Å². The Morgan fingerprint density at radius 3 is 0.600 bits per heavy atom. The Hall–Kier alpha value is -0.780. The van der Waals surface area contributed by atoms with E-state index >= 15 is 0 Å². The summed E-state index contributed by atoms with van der Waals surface area (Å²) in [6.45, 7) is 0. The molecule has 20 heavy (non-hydrogen) atoms. The van der Waals surface area contributed by atoms with Crippen molar-refractivity contribution in [3.05, 3.63) is 23.8 Å².